The molecule has 5 nitrogen and oxygen atoms in total. The number of hydrogen-bond acceptors (Lipinski definition) is 4. The lowest BCUT2D eigenvalue weighted by molar-refractivity contribution is -0.134. The van der Waals surface area contributed by atoms with E-state index in [0.717, 1.165) is 25.9 Å². The molecule has 1 atom stereocenters. The fourth-order valence-corrected chi connectivity index (χ4v) is 3.03. The lowest BCUT2D eigenvalue weighted by Gasteiger charge is -2.23. The molecule has 1 aliphatic rings. The van der Waals surface area contributed by atoms with E-state index in [9.17, 15) is 9.59 Å². The van der Waals surface area contributed by atoms with Crippen LogP contribution < -0.4 is 10.6 Å². The van der Waals surface area contributed by atoms with Gasteiger partial charge in [-0.3, -0.25) is 9.59 Å². The molecule has 0 aromatic carbocycles. The Morgan fingerprint density at radius 3 is 2.63 bits per heavy atom. The fraction of sp³-hybridized carbons (Fsp3) is 0.846. The van der Waals surface area contributed by atoms with Crippen molar-refractivity contribution in [2.24, 2.45) is 0 Å². The van der Waals surface area contributed by atoms with Gasteiger partial charge in [-0.25, -0.2) is 0 Å². The van der Waals surface area contributed by atoms with E-state index >= 15 is 0 Å². The molecule has 1 aliphatic heterocycles. The Morgan fingerprint density at radius 2 is 2.05 bits per heavy atom. The SMILES string of the molecule is CCN(C)C(=O)C(C)NC(=O)CSC1CCNCC1. The first-order valence-corrected chi connectivity index (χ1v) is 7.96. The van der Waals surface area contributed by atoms with Crippen LogP contribution in [0.2, 0.25) is 0 Å². The third-order valence-electron chi connectivity index (χ3n) is 3.33. The molecule has 1 unspecified atom stereocenters. The molecule has 2 N–H and O–H groups in total. The highest BCUT2D eigenvalue weighted by Crippen LogP contribution is 2.19. The summed E-state index contributed by atoms with van der Waals surface area (Å²) in [6.07, 6.45) is 2.23. The van der Waals surface area contributed by atoms with E-state index in [-0.39, 0.29) is 11.8 Å². The smallest absolute Gasteiger partial charge is 0.244 e. The molecular formula is C13H25N3O2S. The van der Waals surface area contributed by atoms with Gasteiger partial charge < -0.3 is 15.5 Å². The van der Waals surface area contributed by atoms with Gasteiger partial charge >= 0.3 is 0 Å². The standard InChI is InChI=1S/C13H25N3O2S/c1-4-16(3)13(18)10(2)15-12(17)9-19-11-5-7-14-8-6-11/h10-11,14H,4-9H2,1-3H3,(H,15,17). The monoisotopic (exact) mass is 287 g/mol. The van der Waals surface area contributed by atoms with Crippen molar-refractivity contribution in [1.29, 1.82) is 0 Å². The highest BCUT2D eigenvalue weighted by atomic mass is 32.2. The maximum atomic E-state index is 11.8. The molecule has 110 valence electrons. The van der Waals surface area contributed by atoms with Crippen LogP contribution in [0.15, 0.2) is 0 Å². The Bertz CT molecular complexity index is 306. The summed E-state index contributed by atoms with van der Waals surface area (Å²) >= 11 is 1.70. The van der Waals surface area contributed by atoms with Crippen LogP contribution in [-0.4, -0.2) is 60.4 Å². The minimum atomic E-state index is -0.439. The molecule has 0 bridgehead atoms. The van der Waals surface area contributed by atoms with E-state index in [1.165, 1.54) is 0 Å². The van der Waals surface area contributed by atoms with Gasteiger partial charge in [0.1, 0.15) is 6.04 Å². The minimum absolute atomic E-state index is 0.0392. The summed E-state index contributed by atoms with van der Waals surface area (Å²) < 4.78 is 0. The van der Waals surface area contributed by atoms with Gasteiger partial charge in [0, 0.05) is 18.8 Å². The van der Waals surface area contributed by atoms with E-state index in [1.807, 2.05) is 6.92 Å². The zero-order valence-corrected chi connectivity index (χ0v) is 12.9. The van der Waals surface area contributed by atoms with E-state index < -0.39 is 6.04 Å². The Labute approximate surface area is 119 Å². The first kappa shape index (κ1) is 16.3. The molecule has 1 fully saturated rings. The summed E-state index contributed by atoms with van der Waals surface area (Å²) in [5.74, 6) is 0.356. The molecule has 0 saturated carbocycles. The van der Waals surface area contributed by atoms with E-state index in [4.69, 9.17) is 0 Å². The van der Waals surface area contributed by atoms with Gasteiger partial charge in [-0.15, -0.1) is 11.8 Å². The Balaban J connectivity index is 2.24. The number of hydrogen-bond donors (Lipinski definition) is 2. The molecule has 6 heteroatoms. The average molecular weight is 287 g/mol. The van der Waals surface area contributed by atoms with Gasteiger partial charge in [-0.2, -0.15) is 0 Å². The molecule has 0 aliphatic carbocycles. The van der Waals surface area contributed by atoms with Crippen LogP contribution in [0.5, 0.6) is 0 Å². The summed E-state index contributed by atoms with van der Waals surface area (Å²) in [5, 5.41) is 6.64. The number of carbonyl (C=O) groups is 2. The van der Waals surface area contributed by atoms with Gasteiger partial charge in [0.05, 0.1) is 5.75 Å². The van der Waals surface area contributed by atoms with Crippen molar-refractivity contribution >= 4 is 23.6 Å². The molecule has 1 rings (SSSR count). The van der Waals surface area contributed by atoms with Crippen LogP contribution in [0.1, 0.15) is 26.7 Å². The number of likely N-dealkylation sites (N-methyl/N-ethyl adjacent to an activating group) is 1. The number of rotatable bonds is 6. The third-order valence-corrected chi connectivity index (χ3v) is 4.71. The van der Waals surface area contributed by atoms with E-state index in [2.05, 4.69) is 10.6 Å². The van der Waals surface area contributed by atoms with Crippen LogP contribution in [0.3, 0.4) is 0 Å². The zero-order valence-electron chi connectivity index (χ0n) is 12.1. The highest BCUT2D eigenvalue weighted by molar-refractivity contribution is 8.00. The molecule has 0 spiro atoms. The van der Waals surface area contributed by atoms with Crippen molar-refractivity contribution in [2.45, 2.75) is 38.0 Å². The van der Waals surface area contributed by atoms with Crippen LogP contribution in [-0.2, 0) is 9.59 Å². The zero-order chi connectivity index (χ0) is 14.3. The number of amides is 2. The van der Waals surface area contributed by atoms with Gasteiger partial charge in [0.25, 0.3) is 0 Å². The first-order valence-electron chi connectivity index (χ1n) is 6.91. The van der Waals surface area contributed by atoms with E-state index in [1.54, 1.807) is 30.6 Å². The molecule has 0 radical (unpaired) electrons. The van der Waals surface area contributed by atoms with Gasteiger partial charge in [-0.05, 0) is 39.8 Å². The third kappa shape index (κ3) is 5.82. The fourth-order valence-electron chi connectivity index (χ4n) is 1.99. The summed E-state index contributed by atoms with van der Waals surface area (Å²) in [4.78, 5) is 25.2. The summed E-state index contributed by atoms with van der Waals surface area (Å²) in [6.45, 7) is 6.38. The summed E-state index contributed by atoms with van der Waals surface area (Å²) in [5.41, 5.74) is 0. The second-order valence-corrected chi connectivity index (χ2v) is 6.19. The van der Waals surface area contributed by atoms with Crippen LogP contribution in [0.4, 0.5) is 0 Å². The molecule has 1 heterocycles. The summed E-state index contributed by atoms with van der Waals surface area (Å²) in [6, 6.07) is -0.439. The maximum absolute atomic E-state index is 11.8. The predicted octanol–water partition coefficient (Wildman–Crippen LogP) is 0.455. The Hall–Kier alpha value is -0.750. The largest absolute Gasteiger partial charge is 0.344 e. The topological polar surface area (TPSA) is 61.4 Å². The van der Waals surface area contributed by atoms with Crippen LogP contribution in [0.25, 0.3) is 0 Å². The van der Waals surface area contributed by atoms with Gasteiger partial charge in [0.15, 0.2) is 0 Å². The number of nitrogens with one attached hydrogen (secondary N) is 2. The number of carbonyl (C=O) groups excluding carboxylic acids is 2. The highest BCUT2D eigenvalue weighted by Gasteiger charge is 2.20. The van der Waals surface area contributed by atoms with Crippen molar-refractivity contribution < 1.29 is 9.59 Å². The van der Waals surface area contributed by atoms with Crippen molar-refractivity contribution in [3.05, 3.63) is 0 Å². The second-order valence-electron chi connectivity index (χ2n) is 4.90. The maximum Gasteiger partial charge on any atom is 0.244 e. The summed E-state index contributed by atoms with van der Waals surface area (Å²) in [7, 11) is 1.74. The van der Waals surface area contributed by atoms with Crippen LogP contribution in [0, 0.1) is 0 Å². The molecular weight excluding hydrogens is 262 g/mol. The number of nitrogens with zero attached hydrogens (tertiary/aromatic N) is 1. The average Bonchev–Trinajstić information content (AvgIpc) is 2.44. The lowest BCUT2D eigenvalue weighted by Crippen LogP contribution is -2.46. The van der Waals surface area contributed by atoms with Gasteiger partial charge in [-0.1, -0.05) is 0 Å². The Morgan fingerprint density at radius 1 is 1.42 bits per heavy atom. The van der Waals surface area contributed by atoms with E-state index in [0.29, 0.717) is 17.5 Å². The molecule has 0 aromatic rings. The number of thioether (sulfide) groups is 1. The number of piperidine rings is 1. The first-order chi connectivity index (χ1) is 9.04. The minimum Gasteiger partial charge on any atom is -0.344 e. The normalized spacial score (nSPS) is 17.8. The molecule has 2 amide bonds. The molecule has 0 aromatic heterocycles. The molecule has 1 saturated heterocycles. The lowest BCUT2D eigenvalue weighted by atomic mass is 10.2. The van der Waals surface area contributed by atoms with Crippen molar-refractivity contribution in [1.82, 2.24) is 15.5 Å². The van der Waals surface area contributed by atoms with Crippen molar-refractivity contribution in [3.63, 3.8) is 0 Å². The molecule has 19 heavy (non-hydrogen) atoms. The van der Waals surface area contributed by atoms with Crippen molar-refractivity contribution in [2.75, 3.05) is 32.4 Å². The van der Waals surface area contributed by atoms with Gasteiger partial charge in [0.2, 0.25) is 11.8 Å². The predicted molar refractivity (Wildman–Crippen MR) is 79.3 cm³/mol. The van der Waals surface area contributed by atoms with Crippen LogP contribution >= 0.6 is 11.8 Å². The Kier molecular flexibility index (Phi) is 7.23. The second kappa shape index (κ2) is 8.43. The van der Waals surface area contributed by atoms with Crippen molar-refractivity contribution in [3.8, 4) is 0 Å². The quantitative estimate of drug-likeness (QED) is 0.745.